The van der Waals surface area contributed by atoms with Crippen molar-refractivity contribution in [3.05, 3.63) is 48.0 Å². The zero-order chi connectivity index (χ0) is 25.5. The summed E-state index contributed by atoms with van der Waals surface area (Å²) in [5, 5.41) is 30.7. The number of methoxy groups -OCH3 is 2. The largest absolute Gasteiger partial charge is 0.493 e. The van der Waals surface area contributed by atoms with E-state index in [0.29, 0.717) is 29.5 Å². The third kappa shape index (κ3) is 11.2. The van der Waals surface area contributed by atoms with Crippen LogP contribution in [-0.4, -0.2) is 73.2 Å². The highest BCUT2D eigenvalue weighted by atomic mass is 16.5. The van der Waals surface area contributed by atoms with Gasteiger partial charge in [-0.15, -0.1) is 0 Å². The maximum absolute atomic E-state index is 11.0. The Hall–Kier alpha value is -3.83. The Morgan fingerprint density at radius 1 is 0.941 bits per heavy atom. The third-order valence-electron chi connectivity index (χ3n) is 4.22. The number of aliphatic hydroxyl groups excluding tert-OH is 1. The van der Waals surface area contributed by atoms with Gasteiger partial charge in [-0.25, -0.2) is 9.59 Å². The van der Waals surface area contributed by atoms with Crippen LogP contribution in [0.2, 0.25) is 0 Å². The van der Waals surface area contributed by atoms with Crippen LogP contribution in [0.15, 0.2) is 42.5 Å². The van der Waals surface area contributed by atoms with Crippen molar-refractivity contribution in [3.8, 4) is 17.2 Å². The van der Waals surface area contributed by atoms with Gasteiger partial charge < -0.3 is 40.2 Å². The summed E-state index contributed by atoms with van der Waals surface area (Å²) < 4.78 is 16.1. The number of carboxylic acids is 2. The number of rotatable bonds is 11. The second-order valence-electron chi connectivity index (χ2n) is 6.92. The summed E-state index contributed by atoms with van der Waals surface area (Å²) in [6.07, 6.45) is 0.180. The van der Waals surface area contributed by atoms with Crippen molar-refractivity contribution in [1.82, 2.24) is 5.32 Å². The Morgan fingerprint density at radius 3 is 2.09 bits per heavy atom. The molecule has 0 saturated heterocycles. The topological polar surface area (TPSA) is 164 Å². The van der Waals surface area contributed by atoms with E-state index in [1.54, 1.807) is 38.5 Å². The van der Waals surface area contributed by atoms with E-state index in [1.165, 1.54) is 6.92 Å². The molecule has 2 rings (SSSR count). The summed E-state index contributed by atoms with van der Waals surface area (Å²) in [6.45, 7) is 2.79. The highest BCUT2D eigenvalue weighted by Crippen LogP contribution is 2.27. The summed E-state index contributed by atoms with van der Waals surface area (Å²) in [5.74, 6) is -1.72. The fraction of sp³-hybridized carbons (Fsp3) is 0.348. The number of carboxylic acid groups (broad SMARTS) is 2. The minimum absolute atomic E-state index is 0.122. The highest BCUT2D eigenvalue weighted by Gasteiger charge is 2.07. The smallest absolute Gasteiger partial charge is 0.414 e. The number of anilines is 1. The standard InChI is InChI=1S/C21H28N2O5.C2H2O4/c1-15(24)23-17-5-7-19(8-6-17)28-14-18(25)13-22-11-10-16-4-9-20(26-2)21(12-16)27-3;3-1(4)2(5)6/h4-9,12,18,22,25H,10-11,13-14H2,1-3H3,(H,23,24);(H,3,4)(H,5,6). The summed E-state index contributed by atoms with van der Waals surface area (Å²) >= 11 is 0. The molecule has 1 unspecified atom stereocenters. The number of nitrogens with one attached hydrogen (secondary N) is 2. The molecule has 5 N–H and O–H groups in total. The highest BCUT2D eigenvalue weighted by molar-refractivity contribution is 6.27. The Kier molecular flexibility index (Phi) is 12.5. The summed E-state index contributed by atoms with van der Waals surface area (Å²) in [5.41, 5.74) is 1.83. The van der Waals surface area contributed by atoms with Crippen LogP contribution >= 0.6 is 0 Å². The lowest BCUT2D eigenvalue weighted by Crippen LogP contribution is -2.32. The van der Waals surface area contributed by atoms with E-state index in [9.17, 15) is 9.90 Å². The van der Waals surface area contributed by atoms with Crippen molar-refractivity contribution in [3.63, 3.8) is 0 Å². The predicted molar refractivity (Wildman–Crippen MR) is 124 cm³/mol. The summed E-state index contributed by atoms with van der Waals surface area (Å²) in [4.78, 5) is 29.2. The first-order chi connectivity index (χ1) is 16.2. The van der Waals surface area contributed by atoms with Crippen molar-refractivity contribution in [1.29, 1.82) is 0 Å². The summed E-state index contributed by atoms with van der Waals surface area (Å²) in [6, 6.07) is 12.8. The third-order valence-corrected chi connectivity index (χ3v) is 4.22. The van der Waals surface area contributed by atoms with Crippen LogP contribution in [0.4, 0.5) is 5.69 Å². The van der Waals surface area contributed by atoms with Gasteiger partial charge in [0.15, 0.2) is 11.5 Å². The molecule has 0 spiro atoms. The molecule has 0 aliphatic heterocycles. The zero-order valence-electron chi connectivity index (χ0n) is 19.2. The van der Waals surface area contributed by atoms with Gasteiger partial charge in [0.25, 0.3) is 0 Å². The van der Waals surface area contributed by atoms with Gasteiger partial charge in [0.05, 0.1) is 14.2 Å². The van der Waals surface area contributed by atoms with Crippen LogP contribution in [0.1, 0.15) is 12.5 Å². The maximum atomic E-state index is 11.0. The molecule has 0 radical (unpaired) electrons. The number of aliphatic hydroxyl groups is 1. The maximum Gasteiger partial charge on any atom is 0.414 e. The van der Waals surface area contributed by atoms with Crippen molar-refractivity contribution in [2.45, 2.75) is 19.4 Å². The first-order valence-corrected chi connectivity index (χ1v) is 10.2. The second kappa shape index (κ2) is 15.1. The molecule has 1 atom stereocenters. The average Bonchev–Trinajstić information content (AvgIpc) is 2.81. The normalized spacial score (nSPS) is 10.8. The van der Waals surface area contributed by atoms with Crippen molar-refractivity contribution >= 4 is 23.5 Å². The van der Waals surface area contributed by atoms with Crippen molar-refractivity contribution in [2.24, 2.45) is 0 Å². The fourth-order valence-corrected chi connectivity index (χ4v) is 2.63. The van der Waals surface area contributed by atoms with Gasteiger partial charge in [-0.1, -0.05) is 6.07 Å². The lowest BCUT2D eigenvalue weighted by Gasteiger charge is -2.14. The van der Waals surface area contributed by atoms with Crippen molar-refractivity contribution < 1.29 is 43.9 Å². The number of hydrogen-bond acceptors (Lipinski definition) is 8. The molecular formula is C23H30N2O9. The van der Waals surface area contributed by atoms with Gasteiger partial charge in [0, 0.05) is 19.2 Å². The molecule has 0 aromatic heterocycles. The van der Waals surface area contributed by atoms with E-state index < -0.39 is 18.0 Å². The van der Waals surface area contributed by atoms with E-state index in [2.05, 4.69) is 10.6 Å². The number of benzene rings is 2. The van der Waals surface area contributed by atoms with Crippen LogP contribution in [-0.2, 0) is 20.8 Å². The predicted octanol–water partition coefficient (Wildman–Crippen LogP) is 1.39. The Morgan fingerprint density at radius 2 is 1.56 bits per heavy atom. The molecule has 1 amide bonds. The number of carbonyl (C=O) groups excluding carboxylic acids is 1. The number of hydrogen-bond donors (Lipinski definition) is 5. The summed E-state index contributed by atoms with van der Waals surface area (Å²) in [7, 11) is 3.23. The fourth-order valence-electron chi connectivity index (χ4n) is 2.63. The Balaban J connectivity index is 0.000000852. The lowest BCUT2D eigenvalue weighted by molar-refractivity contribution is -0.159. The quantitative estimate of drug-likeness (QED) is 0.235. The van der Waals surface area contributed by atoms with E-state index in [0.717, 1.165) is 18.5 Å². The van der Waals surface area contributed by atoms with Crippen LogP contribution in [0.5, 0.6) is 17.2 Å². The molecule has 2 aromatic rings. The van der Waals surface area contributed by atoms with Gasteiger partial charge >= 0.3 is 11.9 Å². The molecule has 34 heavy (non-hydrogen) atoms. The Bertz CT molecular complexity index is 921. The Labute approximate surface area is 197 Å². The number of ether oxygens (including phenoxy) is 3. The minimum atomic E-state index is -1.82. The molecule has 0 heterocycles. The second-order valence-corrected chi connectivity index (χ2v) is 6.92. The molecule has 0 aliphatic rings. The van der Waals surface area contributed by atoms with Crippen LogP contribution in [0.3, 0.4) is 0 Å². The van der Waals surface area contributed by atoms with Gasteiger partial charge in [0.2, 0.25) is 5.91 Å². The van der Waals surface area contributed by atoms with E-state index >= 15 is 0 Å². The zero-order valence-corrected chi connectivity index (χ0v) is 19.2. The van der Waals surface area contributed by atoms with Crippen LogP contribution in [0, 0.1) is 0 Å². The van der Waals surface area contributed by atoms with Crippen LogP contribution < -0.4 is 24.8 Å². The van der Waals surface area contributed by atoms with E-state index in [1.807, 2.05) is 18.2 Å². The molecule has 0 bridgehead atoms. The van der Waals surface area contributed by atoms with Gasteiger partial charge in [-0.2, -0.15) is 0 Å². The first-order valence-electron chi connectivity index (χ1n) is 10.2. The number of amides is 1. The molecule has 11 nitrogen and oxygen atoms in total. The molecule has 186 valence electrons. The lowest BCUT2D eigenvalue weighted by atomic mass is 10.1. The minimum Gasteiger partial charge on any atom is -0.493 e. The SMILES string of the molecule is COc1ccc(CCNCC(O)COc2ccc(NC(C)=O)cc2)cc1OC.O=C(O)C(=O)O. The van der Waals surface area contributed by atoms with E-state index in [4.69, 9.17) is 34.0 Å². The molecule has 11 heteroatoms. The molecule has 0 aliphatic carbocycles. The van der Waals surface area contributed by atoms with E-state index in [-0.39, 0.29) is 12.5 Å². The molecule has 0 saturated carbocycles. The monoisotopic (exact) mass is 478 g/mol. The molecule has 0 fully saturated rings. The average molecular weight is 478 g/mol. The van der Waals surface area contributed by atoms with Crippen LogP contribution in [0.25, 0.3) is 0 Å². The van der Waals surface area contributed by atoms with Gasteiger partial charge in [-0.3, -0.25) is 4.79 Å². The van der Waals surface area contributed by atoms with Gasteiger partial charge in [-0.05, 0) is 54.9 Å². The first kappa shape index (κ1) is 28.2. The van der Waals surface area contributed by atoms with Gasteiger partial charge in [0.1, 0.15) is 18.5 Å². The molecular weight excluding hydrogens is 448 g/mol. The molecule has 2 aromatic carbocycles. The number of aliphatic carboxylic acids is 2. The van der Waals surface area contributed by atoms with Crippen molar-refractivity contribution in [2.75, 3.05) is 39.2 Å². The number of carbonyl (C=O) groups is 3.